The molecule has 284 valence electrons. The average molecular weight is 773 g/mol. The van der Waals surface area contributed by atoms with E-state index in [2.05, 4.69) is 49.2 Å². The minimum Gasteiger partial charge on any atom is -0.484 e. The van der Waals surface area contributed by atoms with Gasteiger partial charge in [-0.2, -0.15) is 0 Å². The van der Waals surface area contributed by atoms with Crippen LogP contribution in [0.1, 0.15) is 100 Å². The predicted molar refractivity (Wildman–Crippen MR) is 209 cm³/mol. The first-order chi connectivity index (χ1) is 26.0. The largest absolute Gasteiger partial charge is 0.484 e. The Bertz CT molecular complexity index is 2190. The van der Waals surface area contributed by atoms with E-state index < -0.39 is 12.0 Å². The predicted octanol–water partition coefficient (Wildman–Crippen LogP) is 6.81. The Hall–Kier alpha value is -5.08. The number of nitrogens with zero attached hydrogens (tertiary/aromatic N) is 5. The molecule has 3 aromatic heterocycles. The molecule has 0 saturated carbocycles. The third kappa shape index (κ3) is 8.82. The highest BCUT2D eigenvalue weighted by atomic mass is 35.5. The standard InChI is InChI=1S/C39H45ClN8O5S/c1-22-23(2)54-38-34(22)35(26-12-14-27(40)15-13-26)45-31(37-47-46-25(4)48(37)38)20-32(49)41-16-10-8-6-7-9-11-17-42-33(50)21-53-28-18-29(39(51)52-5)36-30(19-28)43-24(3)44-36/h12-15,18-19,31H,6-11,16-17,20-21H2,1-5H3,(H,41,49)(H,42,50)(H,43,44)/t31-/m0/s1. The summed E-state index contributed by atoms with van der Waals surface area (Å²) in [6, 6.07) is 10.4. The fraction of sp³-hybridized carbons (Fsp3) is 0.410. The number of benzene rings is 2. The molecule has 2 amide bonds. The van der Waals surface area contributed by atoms with Gasteiger partial charge in [0.2, 0.25) is 5.91 Å². The lowest BCUT2D eigenvalue weighted by Crippen LogP contribution is -2.29. The van der Waals surface area contributed by atoms with Crippen molar-refractivity contribution in [3.8, 4) is 10.8 Å². The highest BCUT2D eigenvalue weighted by molar-refractivity contribution is 7.15. The maximum Gasteiger partial charge on any atom is 0.340 e. The van der Waals surface area contributed by atoms with Gasteiger partial charge in [0.25, 0.3) is 5.91 Å². The monoisotopic (exact) mass is 772 g/mol. The van der Waals surface area contributed by atoms with Gasteiger partial charge < -0.3 is 25.1 Å². The summed E-state index contributed by atoms with van der Waals surface area (Å²) in [5.74, 6) is 1.61. The molecule has 0 radical (unpaired) electrons. The lowest BCUT2D eigenvalue weighted by atomic mass is 9.99. The molecule has 1 aliphatic rings. The highest BCUT2D eigenvalue weighted by Crippen LogP contribution is 2.39. The number of aryl methyl sites for hydroxylation is 3. The zero-order valence-electron chi connectivity index (χ0n) is 31.2. The summed E-state index contributed by atoms with van der Waals surface area (Å²) in [5.41, 5.74) is 5.37. The molecule has 0 fully saturated rings. The van der Waals surface area contributed by atoms with Gasteiger partial charge in [-0.25, -0.2) is 9.78 Å². The molecule has 1 atom stereocenters. The van der Waals surface area contributed by atoms with Crippen molar-refractivity contribution in [1.82, 2.24) is 35.4 Å². The summed E-state index contributed by atoms with van der Waals surface area (Å²) in [4.78, 5) is 51.6. The number of aromatic nitrogens is 5. The molecule has 13 nitrogen and oxygen atoms in total. The Kier molecular flexibility index (Phi) is 12.4. The van der Waals surface area contributed by atoms with Gasteiger partial charge >= 0.3 is 5.97 Å². The van der Waals surface area contributed by atoms with Crippen LogP contribution in [0.4, 0.5) is 0 Å². The second-order valence-electron chi connectivity index (χ2n) is 13.4. The fourth-order valence-electron chi connectivity index (χ4n) is 6.56. The number of hydrogen-bond donors (Lipinski definition) is 3. The molecule has 15 heteroatoms. The summed E-state index contributed by atoms with van der Waals surface area (Å²) in [5, 5.41) is 16.5. The summed E-state index contributed by atoms with van der Waals surface area (Å²) in [7, 11) is 1.31. The summed E-state index contributed by atoms with van der Waals surface area (Å²) >= 11 is 7.90. The number of imidazole rings is 1. The van der Waals surface area contributed by atoms with Crippen molar-refractivity contribution in [3.05, 3.63) is 86.0 Å². The average Bonchev–Trinajstić information content (AvgIpc) is 3.79. The van der Waals surface area contributed by atoms with Crippen LogP contribution in [0.15, 0.2) is 41.4 Å². The Balaban J connectivity index is 0.910. The van der Waals surface area contributed by atoms with Gasteiger partial charge in [-0.15, -0.1) is 21.5 Å². The second kappa shape index (κ2) is 17.4. The summed E-state index contributed by atoms with van der Waals surface area (Å²) in [6.07, 6.45) is 5.91. The van der Waals surface area contributed by atoms with Crippen molar-refractivity contribution < 1.29 is 23.9 Å². The molecule has 3 N–H and O–H groups in total. The van der Waals surface area contributed by atoms with Crippen molar-refractivity contribution in [2.75, 3.05) is 26.8 Å². The molecule has 0 bridgehead atoms. The molecule has 0 unspecified atom stereocenters. The van der Waals surface area contributed by atoms with Crippen LogP contribution in [-0.4, -0.2) is 75.0 Å². The number of halogens is 1. The first-order valence-electron chi connectivity index (χ1n) is 18.1. The Morgan fingerprint density at radius 1 is 0.926 bits per heavy atom. The number of aliphatic imine (C=N–C) groups is 1. The van der Waals surface area contributed by atoms with Crippen LogP contribution in [0.5, 0.6) is 5.75 Å². The van der Waals surface area contributed by atoms with Crippen LogP contribution in [0, 0.1) is 27.7 Å². The number of nitrogens with one attached hydrogen (secondary N) is 3. The Labute approximate surface area is 322 Å². The highest BCUT2D eigenvalue weighted by Gasteiger charge is 2.32. The number of carbonyl (C=O) groups is 3. The zero-order chi connectivity index (χ0) is 38.4. The number of rotatable bonds is 16. The van der Waals surface area contributed by atoms with E-state index in [1.54, 1.807) is 30.4 Å². The van der Waals surface area contributed by atoms with Crippen LogP contribution in [0.25, 0.3) is 16.0 Å². The lowest BCUT2D eigenvalue weighted by Gasteiger charge is -2.13. The van der Waals surface area contributed by atoms with Crippen LogP contribution in [0.3, 0.4) is 0 Å². The topological polar surface area (TPSA) is 165 Å². The van der Waals surface area contributed by atoms with Gasteiger partial charge in [-0.1, -0.05) is 49.4 Å². The SMILES string of the molecule is COC(=O)c1cc(OCC(=O)NCCCCCCCCNC(=O)C[C@@H]2N=C(c3ccc(Cl)cc3)c3c(sc(C)c3C)-n3c(C)nnc32)cc2nc(C)[nH]c12. The van der Waals surface area contributed by atoms with Crippen molar-refractivity contribution in [1.29, 1.82) is 0 Å². The Morgan fingerprint density at radius 2 is 1.61 bits per heavy atom. The van der Waals surface area contributed by atoms with E-state index in [1.807, 2.05) is 31.2 Å². The van der Waals surface area contributed by atoms with E-state index >= 15 is 0 Å². The number of fused-ring (bicyclic) bond motifs is 4. The number of unbranched alkanes of at least 4 members (excludes halogenated alkanes) is 5. The van der Waals surface area contributed by atoms with Gasteiger partial charge in [-0.3, -0.25) is 19.1 Å². The Morgan fingerprint density at radius 3 is 2.31 bits per heavy atom. The van der Waals surface area contributed by atoms with Crippen molar-refractivity contribution in [3.63, 3.8) is 0 Å². The zero-order valence-corrected chi connectivity index (χ0v) is 32.7. The molecule has 0 spiro atoms. The van der Waals surface area contributed by atoms with Crippen molar-refractivity contribution >= 4 is 57.5 Å². The van der Waals surface area contributed by atoms with E-state index in [4.69, 9.17) is 26.1 Å². The fourth-order valence-corrected chi connectivity index (χ4v) is 7.90. The molecule has 5 aromatic rings. The van der Waals surface area contributed by atoms with E-state index in [9.17, 15) is 14.4 Å². The maximum atomic E-state index is 13.2. The third-order valence-electron chi connectivity index (χ3n) is 9.44. The third-order valence-corrected chi connectivity index (χ3v) is 10.9. The van der Waals surface area contributed by atoms with Crippen LogP contribution < -0.4 is 15.4 Å². The number of H-pyrrole nitrogens is 1. The second-order valence-corrected chi connectivity index (χ2v) is 15.0. The van der Waals surface area contributed by atoms with Gasteiger partial charge in [-0.05, 0) is 64.3 Å². The first-order valence-corrected chi connectivity index (χ1v) is 19.3. The lowest BCUT2D eigenvalue weighted by molar-refractivity contribution is -0.123. The van der Waals surface area contributed by atoms with Crippen molar-refractivity contribution in [2.24, 2.45) is 4.99 Å². The molecule has 0 saturated heterocycles. The van der Waals surface area contributed by atoms with Crippen LogP contribution in [0.2, 0.25) is 5.02 Å². The number of thiophene rings is 1. The number of methoxy groups -OCH3 is 1. The van der Waals surface area contributed by atoms with E-state index in [-0.39, 0.29) is 24.8 Å². The van der Waals surface area contributed by atoms with E-state index in [1.165, 1.54) is 12.0 Å². The molecule has 54 heavy (non-hydrogen) atoms. The summed E-state index contributed by atoms with van der Waals surface area (Å²) < 4.78 is 12.6. The van der Waals surface area contributed by atoms with Gasteiger partial charge in [0, 0.05) is 40.2 Å². The van der Waals surface area contributed by atoms with Crippen molar-refractivity contribution in [2.45, 2.75) is 78.7 Å². The molecule has 2 aromatic carbocycles. The molecule has 6 rings (SSSR count). The quantitative estimate of drug-likeness (QED) is 0.0727. The maximum absolute atomic E-state index is 13.2. The molecule has 4 heterocycles. The molecule has 1 aliphatic heterocycles. The first kappa shape index (κ1) is 38.6. The minimum absolute atomic E-state index is 0.0787. The number of amides is 2. The molecule has 0 aliphatic carbocycles. The van der Waals surface area contributed by atoms with Crippen LogP contribution in [-0.2, 0) is 14.3 Å². The minimum atomic E-state index is -0.515. The van der Waals surface area contributed by atoms with E-state index in [0.717, 1.165) is 71.8 Å². The van der Waals surface area contributed by atoms with Gasteiger partial charge in [0.05, 0.1) is 35.8 Å². The molecular formula is C39H45ClN8O5S. The number of aromatic amines is 1. The number of esters is 1. The number of carbonyl (C=O) groups excluding carboxylic acids is 3. The number of hydrogen-bond acceptors (Lipinski definition) is 10. The van der Waals surface area contributed by atoms with Gasteiger partial charge in [0.15, 0.2) is 12.4 Å². The summed E-state index contributed by atoms with van der Waals surface area (Å²) in [6.45, 7) is 8.89. The van der Waals surface area contributed by atoms with Crippen LogP contribution >= 0.6 is 22.9 Å². The van der Waals surface area contributed by atoms with Gasteiger partial charge in [0.1, 0.15) is 28.4 Å². The molecular weight excluding hydrogens is 728 g/mol. The number of ether oxygens (including phenoxy) is 2. The van der Waals surface area contributed by atoms with E-state index in [0.29, 0.717) is 52.1 Å². The smallest absolute Gasteiger partial charge is 0.340 e. The normalized spacial score (nSPS) is 13.5.